The second-order valence-electron chi connectivity index (χ2n) is 3.05. The van der Waals surface area contributed by atoms with Gasteiger partial charge in [-0.3, -0.25) is 10.1 Å². The van der Waals surface area contributed by atoms with Gasteiger partial charge in [0.25, 0.3) is 5.69 Å². The number of aliphatic hydroxyl groups excluding tert-OH is 1. The summed E-state index contributed by atoms with van der Waals surface area (Å²) in [6.07, 6.45) is 0. The van der Waals surface area contributed by atoms with Crippen LogP contribution in [-0.4, -0.2) is 16.6 Å². The van der Waals surface area contributed by atoms with Crippen molar-refractivity contribution in [3.63, 3.8) is 0 Å². The Hall–Kier alpha value is -0.940. The van der Waals surface area contributed by atoms with Crippen molar-refractivity contribution >= 4 is 21.6 Å². The molecule has 1 atom stereocenters. The fraction of sp³-hybridized carbons (Fsp3) is 0.333. The smallest absolute Gasteiger partial charge is 0.283 e. The first-order valence-electron chi connectivity index (χ1n) is 4.11. The van der Waals surface area contributed by atoms with Crippen LogP contribution in [0.1, 0.15) is 18.4 Å². The van der Waals surface area contributed by atoms with E-state index in [1.807, 2.05) is 6.92 Å². The summed E-state index contributed by atoms with van der Waals surface area (Å²) in [5, 5.41) is 19.5. The van der Waals surface area contributed by atoms with Crippen LogP contribution in [0.3, 0.4) is 0 Å². The molecular weight excluding hydrogens is 250 g/mol. The maximum atomic E-state index is 10.6. The Kier molecular flexibility index (Phi) is 3.60. The van der Waals surface area contributed by atoms with Gasteiger partial charge in [-0.1, -0.05) is 13.0 Å². The number of hydrogen-bond acceptors (Lipinski definition) is 3. The lowest BCUT2D eigenvalue weighted by atomic mass is 10.0. The van der Waals surface area contributed by atoms with Crippen molar-refractivity contribution in [2.45, 2.75) is 12.8 Å². The van der Waals surface area contributed by atoms with E-state index in [-0.39, 0.29) is 18.2 Å². The van der Waals surface area contributed by atoms with E-state index in [4.69, 9.17) is 5.11 Å². The Morgan fingerprint density at radius 3 is 2.79 bits per heavy atom. The lowest BCUT2D eigenvalue weighted by Gasteiger charge is -2.07. The molecule has 0 heterocycles. The maximum absolute atomic E-state index is 10.6. The first-order valence-corrected chi connectivity index (χ1v) is 4.90. The molecule has 0 radical (unpaired) electrons. The Bertz CT molecular complexity index is 354. The van der Waals surface area contributed by atoms with Crippen molar-refractivity contribution in [3.05, 3.63) is 38.3 Å². The van der Waals surface area contributed by atoms with Crippen LogP contribution in [0.15, 0.2) is 22.7 Å². The van der Waals surface area contributed by atoms with Crippen molar-refractivity contribution in [1.82, 2.24) is 0 Å². The highest BCUT2D eigenvalue weighted by Crippen LogP contribution is 2.28. The number of nitro groups is 1. The normalized spacial score (nSPS) is 12.5. The topological polar surface area (TPSA) is 63.4 Å². The number of halogens is 1. The quantitative estimate of drug-likeness (QED) is 0.670. The molecule has 5 heteroatoms. The van der Waals surface area contributed by atoms with Crippen molar-refractivity contribution in [1.29, 1.82) is 0 Å². The second-order valence-corrected chi connectivity index (χ2v) is 3.91. The van der Waals surface area contributed by atoms with E-state index >= 15 is 0 Å². The zero-order valence-corrected chi connectivity index (χ0v) is 9.19. The summed E-state index contributed by atoms with van der Waals surface area (Å²) >= 11 is 3.10. The van der Waals surface area contributed by atoms with Crippen LogP contribution in [0.5, 0.6) is 0 Å². The van der Waals surface area contributed by atoms with Crippen LogP contribution in [0, 0.1) is 10.1 Å². The fourth-order valence-corrected chi connectivity index (χ4v) is 1.47. The highest BCUT2D eigenvalue weighted by Gasteiger charge is 2.14. The molecule has 1 rings (SSSR count). The Morgan fingerprint density at radius 2 is 2.29 bits per heavy atom. The highest BCUT2D eigenvalue weighted by molar-refractivity contribution is 9.10. The summed E-state index contributed by atoms with van der Waals surface area (Å²) in [5.41, 5.74) is 0.796. The number of nitrogens with zero attached hydrogens (tertiary/aromatic N) is 1. The lowest BCUT2D eigenvalue weighted by Crippen LogP contribution is -2.00. The summed E-state index contributed by atoms with van der Waals surface area (Å²) in [5.74, 6) is -0.0817. The third kappa shape index (κ3) is 2.30. The van der Waals surface area contributed by atoms with Gasteiger partial charge in [-0.05, 0) is 27.6 Å². The molecule has 0 aliphatic carbocycles. The molecule has 76 valence electrons. The van der Waals surface area contributed by atoms with Crippen LogP contribution < -0.4 is 0 Å². The van der Waals surface area contributed by atoms with Crippen LogP contribution in [-0.2, 0) is 0 Å². The van der Waals surface area contributed by atoms with Gasteiger partial charge in [-0.15, -0.1) is 0 Å². The summed E-state index contributed by atoms with van der Waals surface area (Å²) in [6, 6.07) is 4.86. The predicted molar refractivity (Wildman–Crippen MR) is 56.3 cm³/mol. The molecule has 0 bridgehead atoms. The number of hydrogen-bond donors (Lipinski definition) is 1. The van der Waals surface area contributed by atoms with E-state index in [1.165, 1.54) is 6.07 Å². The first kappa shape index (κ1) is 11.1. The Labute approximate surface area is 89.8 Å². The van der Waals surface area contributed by atoms with Gasteiger partial charge in [0.1, 0.15) is 0 Å². The molecule has 0 spiro atoms. The summed E-state index contributed by atoms with van der Waals surface area (Å²) in [4.78, 5) is 10.2. The van der Waals surface area contributed by atoms with Crippen molar-refractivity contribution in [2.75, 3.05) is 6.61 Å². The van der Waals surface area contributed by atoms with Gasteiger partial charge in [-0.25, -0.2) is 0 Å². The van der Waals surface area contributed by atoms with E-state index in [0.29, 0.717) is 4.47 Å². The third-order valence-electron chi connectivity index (χ3n) is 2.01. The minimum Gasteiger partial charge on any atom is -0.396 e. The number of rotatable bonds is 3. The molecule has 4 nitrogen and oxygen atoms in total. The van der Waals surface area contributed by atoms with Crippen LogP contribution in [0.4, 0.5) is 5.69 Å². The Balaban J connectivity index is 3.12. The molecule has 0 saturated heterocycles. The molecule has 0 amide bonds. The number of nitro benzene ring substituents is 1. The van der Waals surface area contributed by atoms with E-state index in [9.17, 15) is 10.1 Å². The van der Waals surface area contributed by atoms with Crippen molar-refractivity contribution in [3.8, 4) is 0 Å². The van der Waals surface area contributed by atoms with E-state index in [1.54, 1.807) is 12.1 Å². The Morgan fingerprint density at radius 1 is 1.64 bits per heavy atom. The molecule has 0 aliphatic heterocycles. The van der Waals surface area contributed by atoms with Gasteiger partial charge < -0.3 is 5.11 Å². The number of benzene rings is 1. The molecule has 0 aliphatic rings. The summed E-state index contributed by atoms with van der Waals surface area (Å²) < 4.78 is 0.455. The average Bonchev–Trinajstić information content (AvgIpc) is 2.17. The molecule has 1 aromatic rings. The zero-order chi connectivity index (χ0) is 10.7. The molecule has 14 heavy (non-hydrogen) atoms. The molecule has 0 aromatic heterocycles. The molecule has 1 N–H and O–H groups in total. The maximum Gasteiger partial charge on any atom is 0.283 e. The van der Waals surface area contributed by atoms with E-state index < -0.39 is 4.92 Å². The van der Waals surface area contributed by atoms with Crippen LogP contribution in [0.25, 0.3) is 0 Å². The van der Waals surface area contributed by atoms with Gasteiger partial charge in [0, 0.05) is 18.6 Å². The zero-order valence-electron chi connectivity index (χ0n) is 7.61. The molecule has 1 aromatic carbocycles. The van der Waals surface area contributed by atoms with Crippen LogP contribution >= 0.6 is 15.9 Å². The number of aliphatic hydroxyl groups is 1. The monoisotopic (exact) mass is 259 g/mol. The average molecular weight is 260 g/mol. The molecule has 0 saturated carbocycles. The lowest BCUT2D eigenvalue weighted by molar-refractivity contribution is -0.385. The molecule has 1 unspecified atom stereocenters. The second kappa shape index (κ2) is 4.52. The predicted octanol–water partition coefficient (Wildman–Crippen LogP) is 2.45. The third-order valence-corrected chi connectivity index (χ3v) is 2.68. The minimum absolute atomic E-state index is 0.0151. The molecule has 0 fully saturated rings. The SMILES string of the molecule is CC(CO)c1ccc(Br)c([N+](=O)[O-])c1. The summed E-state index contributed by atoms with van der Waals surface area (Å²) in [7, 11) is 0. The summed E-state index contributed by atoms with van der Waals surface area (Å²) in [6.45, 7) is 1.80. The van der Waals surface area contributed by atoms with E-state index in [0.717, 1.165) is 5.56 Å². The van der Waals surface area contributed by atoms with Gasteiger partial charge in [-0.2, -0.15) is 0 Å². The van der Waals surface area contributed by atoms with Gasteiger partial charge in [0.05, 0.1) is 9.40 Å². The van der Waals surface area contributed by atoms with E-state index in [2.05, 4.69) is 15.9 Å². The standard InChI is InChI=1S/C9H10BrNO3/c1-6(5-12)7-2-3-8(10)9(4-7)11(13)14/h2-4,6,12H,5H2,1H3. The van der Waals surface area contributed by atoms with Crippen molar-refractivity contribution < 1.29 is 10.0 Å². The van der Waals surface area contributed by atoms with Gasteiger partial charge >= 0.3 is 0 Å². The van der Waals surface area contributed by atoms with Crippen molar-refractivity contribution in [2.24, 2.45) is 0 Å². The highest BCUT2D eigenvalue weighted by atomic mass is 79.9. The largest absolute Gasteiger partial charge is 0.396 e. The van der Waals surface area contributed by atoms with Gasteiger partial charge in [0.2, 0.25) is 0 Å². The van der Waals surface area contributed by atoms with Crippen LogP contribution in [0.2, 0.25) is 0 Å². The molecular formula is C9H10BrNO3. The van der Waals surface area contributed by atoms with Gasteiger partial charge in [0.15, 0.2) is 0 Å². The fourth-order valence-electron chi connectivity index (χ4n) is 1.08. The first-order chi connectivity index (χ1) is 6.56. The minimum atomic E-state index is -0.447.